The molecule has 1 saturated carbocycles. The Balaban J connectivity index is 1.57. The molecule has 168 valence electrons. The van der Waals surface area contributed by atoms with Crippen molar-refractivity contribution >= 4 is 5.91 Å². The fourth-order valence-corrected chi connectivity index (χ4v) is 4.90. The number of nitrogens with zero attached hydrogens (tertiary/aromatic N) is 4. The topological polar surface area (TPSA) is 101 Å². The van der Waals surface area contributed by atoms with Crippen LogP contribution >= 0.6 is 0 Å². The molecule has 1 amide bonds. The molecule has 2 N–H and O–H groups in total. The molecule has 1 fully saturated rings. The number of aromatic nitrogens is 4. The first kappa shape index (κ1) is 21.3. The summed E-state index contributed by atoms with van der Waals surface area (Å²) in [5.41, 5.74) is 2.07. The van der Waals surface area contributed by atoms with Gasteiger partial charge in [0.15, 0.2) is 0 Å². The Morgan fingerprint density at radius 2 is 2.06 bits per heavy atom. The zero-order valence-corrected chi connectivity index (χ0v) is 17.8. The van der Waals surface area contributed by atoms with Gasteiger partial charge in [-0.15, -0.1) is 5.10 Å². The molecule has 5 rings (SSSR count). The van der Waals surface area contributed by atoms with Gasteiger partial charge in [0.05, 0.1) is 40.4 Å². The lowest BCUT2D eigenvalue weighted by molar-refractivity contribution is 0.0918. The second-order valence-electron chi connectivity index (χ2n) is 8.50. The van der Waals surface area contributed by atoms with Crippen LogP contribution in [-0.4, -0.2) is 43.8 Å². The highest BCUT2D eigenvalue weighted by Gasteiger charge is 2.56. The van der Waals surface area contributed by atoms with Crippen molar-refractivity contribution in [3.05, 3.63) is 83.1 Å². The van der Waals surface area contributed by atoms with Crippen molar-refractivity contribution in [2.45, 2.75) is 37.2 Å². The molecule has 0 unspecified atom stereocenters. The zero-order chi connectivity index (χ0) is 23.3. The van der Waals surface area contributed by atoms with Crippen LogP contribution < -0.4 is 5.32 Å². The van der Waals surface area contributed by atoms with E-state index in [0.29, 0.717) is 17.8 Å². The molecule has 2 aromatic heterocycles. The third kappa shape index (κ3) is 3.22. The highest BCUT2D eigenvalue weighted by atomic mass is 19.1. The average molecular weight is 449 g/mol. The summed E-state index contributed by atoms with van der Waals surface area (Å²) in [7, 11) is 0. The number of benzene rings is 1. The molecule has 0 saturated heterocycles. The minimum atomic E-state index is -0.771. The van der Waals surface area contributed by atoms with Gasteiger partial charge in [0.25, 0.3) is 5.91 Å². The average Bonchev–Trinajstić information content (AvgIpc) is 3.26. The van der Waals surface area contributed by atoms with Gasteiger partial charge in [-0.05, 0) is 43.5 Å². The first-order valence-electron chi connectivity index (χ1n) is 10.6. The van der Waals surface area contributed by atoms with Crippen molar-refractivity contribution in [3.8, 4) is 11.3 Å². The Hall–Kier alpha value is -3.59. The van der Waals surface area contributed by atoms with Crippen LogP contribution in [0.5, 0.6) is 0 Å². The van der Waals surface area contributed by atoms with Gasteiger partial charge in [-0.1, -0.05) is 18.2 Å². The third-order valence-corrected chi connectivity index (χ3v) is 6.46. The van der Waals surface area contributed by atoms with Gasteiger partial charge in [-0.25, -0.2) is 13.8 Å². The van der Waals surface area contributed by atoms with E-state index in [1.165, 1.54) is 24.4 Å². The number of carbonyl (C=O) groups is 1. The standard InChI is InChI=1S/C24H21F2N5O2/c1-12(32)9-28-23(33)19-10-27-11-20(29-19)24-7-6-14(13(24)2)15-8-18(30-31-22(15)24)21-16(25)4-3-5-17(21)26/h3-5,8,10-12,14,32H,2,6-7,9H2,1H3,(H,28,33)/t12-,14+,24-/m1/s1. The zero-order valence-electron chi connectivity index (χ0n) is 17.8. The minimum absolute atomic E-state index is 0.0568. The van der Waals surface area contributed by atoms with E-state index in [0.717, 1.165) is 17.6 Å². The Morgan fingerprint density at radius 3 is 2.79 bits per heavy atom. The SMILES string of the molecule is C=C1[C@@H]2CC[C@@]1(c1cncc(C(=O)NC[C@@H](C)O)n1)c1nnc(-c3c(F)cccc3F)cc12. The molecule has 9 heteroatoms. The summed E-state index contributed by atoms with van der Waals surface area (Å²) < 4.78 is 28.7. The van der Waals surface area contributed by atoms with Crippen LogP contribution in [0.3, 0.4) is 0 Å². The van der Waals surface area contributed by atoms with Gasteiger partial charge in [-0.3, -0.25) is 9.78 Å². The number of allylic oxidation sites excluding steroid dienone is 1. The summed E-state index contributed by atoms with van der Waals surface area (Å²) in [6.45, 7) is 5.96. The van der Waals surface area contributed by atoms with E-state index in [1.54, 1.807) is 19.2 Å². The fraction of sp³-hybridized carbons (Fsp3) is 0.292. The number of carbonyl (C=O) groups excluding carboxylic acids is 1. The number of aliphatic hydroxyl groups is 1. The summed E-state index contributed by atoms with van der Waals surface area (Å²) in [5.74, 6) is -1.92. The molecule has 3 aromatic rings. The van der Waals surface area contributed by atoms with Crippen molar-refractivity contribution in [2.75, 3.05) is 6.54 Å². The molecule has 2 bridgehead atoms. The highest BCUT2D eigenvalue weighted by molar-refractivity contribution is 5.92. The summed E-state index contributed by atoms with van der Waals surface area (Å²) in [6.07, 6.45) is 3.68. The van der Waals surface area contributed by atoms with Crippen LogP contribution in [0.4, 0.5) is 8.78 Å². The van der Waals surface area contributed by atoms with Crippen LogP contribution in [0.25, 0.3) is 11.3 Å². The summed E-state index contributed by atoms with van der Waals surface area (Å²) in [5, 5.41) is 20.6. The summed E-state index contributed by atoms with van der Waals surface area (Å²) in [4.78, 5) is 21.2. The quantitative estimate of drug-likeness (QED) is 0.581. The van der Waals surface area contributed by atoms with E-state index in [2.05, 4.69) is 32.1 Å². The number of hydrogen-bond donors (Lipinski definition) is 2. The molecular formula is C24H21F2N5O2. The largest absolute Gasteiger partial charge is 0.392 e. The molecule has 0 aliphatic heterocycles. The van der Waals surface area contributed by atoms with Gasteiger partial charge in [-0.2, -0.15) is 5.10 Å². The maximum Gasteiger partial charge on any atom is 0.271 e. The Morgan fingerprint density at radius 1 is 1.30 bits per heavy atom. The maximum atomic E-state index is 14.3. The first-order valence-corrected chi connectivity index (χ1v) is 10.6. The smallest absolute Gasteiger partial charge is 0.271 e. The number of hydrogen-bond acceptors (Lipinski definition) is 6. The van der Waals surface area contributed by atoms with Crippen LogP contribution in [-0.2, 0) is 5.41 Å². The fourth-order valence-electron chi connectivity index (χ4n) is 4.90. The van der Waals surface area contributed by atoms with E-state index >= 15 is 0 Å². The molecule has 7 nitrogen and oxygen atoms in total. The number of nitrogens with one attached hydrogen (secondary N) is 1. The second-order valence-corrected chi connectivity index (χ2v) is 8.50. The molecule has 3 atom stereocenters. The van der Waals surface area contributed by atoms with E-state index in [-0.39, 0.29) is 29.4 Å². The van der Waals surface area contributed by atoms with Crippen LogP contribution in [0.2, 0.25) is 0 Å². The van der Waals surface area contributed by atoms with Crippen molar-refractivity contribution in [1.82, 2.24) is 25.5 Å². The number of amides is 1. The number of fused-ring (bicyclic) bond motifs is 5. The van der Waals surface area contributed by atoms with E-state index in [9.17, 15) is 18.7 Å². The minimum Gasteiger partial charge on any atom is -0.392 e. The van der Waals surface area contributed by atoms with Crippen LogP contribution in [0.15, 0.2) is 48.8 Å². The lowest BCUT2D eigenvalue weighted by Crippen LogP contribution is -2.33. The Kier molecular flexibility index (Phi) is 5.01. The molecular weight excluding hydrogens is 428 g/mol. The molecule has 2 aliphatic carbocycles. The number of halogens is 2. The number of rotatable bonds is 5. The van der Waals surface area contributed by atoms with Gasteiger partial charge in [0.2, 0.25) is 0 Å². The monoisotopic (exact) mass is 449 g/mol. The normalized spacial score (nSPS) is 21.7. The van der Waals surface area contributed by atoms with E-state index in [4.69, 9.17) is 0 Å². The lowest BCUT2D eigenvalue weighted by Gasteiger charge is -2.27. The van der Waals surface area contributed by atoms with Gasteiger partial charge in [0, 0.05) is 18.7 Å². The van der Waals surface area contributed by atoms with Crippen molar-refractivity contribution in [2.24, 2.45) is 0 Å². The first-order chi connectivity index (χ1) is 15.8. The predicted molar refractivity (Wildman–Crippen MR) is 115 cm³/mol. The second kappa shape index (κ2) is 7.77. The molecule has 33 heavy (non-hydrogen) atoms. The van der Waals surface area contributed by atoms with Gasteiger partial charge in [0.1, 0.15) is 17.3 Å². The number of aliphatic hydroxyl groups excluding tert-OH is 1. The van der Waals surface area contributed by atoms with Gasteiger partial charge < -0.3 is 10.4 Å². The molecule has 2 heterocycles. The Bertz CT molecular complexity index is 1280. The van der Waals surface area contributed by atoms with Crippen LogP contribution in [0.1, 0.15) is 53.1 Å². The summed E-state index contributed by atoms with van der Waals surface area (Å²) in [6, 6.07) is 5.34. The van der Waals surface area contributed by atoms with Crippen molar-refractivity contribution in [1.29, 1.82) is 0 Å². The molecule has 1 aromatic carbocycles. The Labute approximate surface area is 188 Å². The summed E-state index contributed by atoms with van der Waals surface area (Å²) >= 11 is 0. The molecule has 0 radical (unpaired) electrons. The maximum absolute atomic E-state index is 14.3. The highest BCUT2D eigenvalue weighted by Crippen LogP contribution is 2.62. The predicted octanol–water partition coefficient (Wildman–Crippen LogP) is 3.06. The van der Waals surface area contributed by atoms with Crippen molar-refractivity contribution < 1.29 is 18.7 Å². The molecule has 0 spiro atoms. The van der Waals surface area contributed by atoms with Crippen molar-refractivity contribution in [3.63, 3.8) is 0 Å². The van der Waals surface area contributed by atoms with Crippen LogP contribution in [0, 0.1) is 11.6 Å². The third-order valence-electron chi connectivity index (χ3n) is 6.46. The van der Waals surface area contributed by atoms with E-state index in [1.807, 2.05) is 0 Å². The van der Waals surface area contributed by atoms with E-state index < -0.39 is 29.1 Å². The molecule has 2 aliphatic rings. The van der Waals surface area contributed by atoms with Gasteiger partial charge >= 0.3 is 0 Å². The lowest BCUT2D eigenvalue weighted by atomic mass is 9.78.